The average Bonchev–Trinajstić information content (AvgIpc) is 2.73. The maximum atomic E-state index is 10.9. The number of carboxylic acid groups (broad SMARTS) is 1. The topological polar surface area (TPSA) is 71.7 Å². The molecule has 1 heterocycles. The third kappa shape index (κ3) is 3.33. The Kier molecular flexibility index (Phi) is 4.54. The summed E-state index contributed by atoms with van der Waals surface area (Å²) in [6.07, 6.45) is 1.88. The van der Waals surface area contributed by atoms with Gasteiger partial charge in [0.05, 0.1) is 26.2 Å². The summed E-state index contributed by atoms with van der Waals surface area (Å²) in [5, 5.41) is 18.5. The summed E-state index contributed by atoms with van der Waals surface area (Å²) < 4.78 is 7.23. The number of hydrogen-bond donors (Lipinski definition) is 2. The Morgan fingerprint density at radius 2 is 2.05 bits per heavy atom. The van der Waals surface area contributed by atoms with Gasteiger partial charge in [0.25, 0.3) is 0 Å². The van der Waals surface area contributed by atoms with E-state index >= 15 is 0 Å². The van der Waals surface area contributed by atoms with Crippen molar-refractivity contribution in [2.75, 3.05) is 19.8 Å². The van der Waals surface area contributed by atoms with Gasteiger partial charge in [-0.25, -0.2) is 0 Å². The van der Waals surface area contributed by atoms with Gasteiger partial charge >= 0.3 is 5.97 Å². The van der Waals surface area contributed by atoms with Gasteiger partial charge in [-0.15, -0.1) is 0 Å². The zero-order chi connectivity index (χ0) is 13.7. The van der Waals surface area contributed by atoms with Crippen LogP contribution in [0.2, 0.25) is 0 Å². The number of carboxylic acids is 1. The number of hydrogen-bond acceptors (Lipinski definition) is 3. The highest BCUT2D eigenvalue weighted by Crippen LogP contribution is 2.21. The molecule has 5 heteroatoms. The van der Waals surface area contributed by atoms with Crippen LogP contribution in [-0.2, 0) is 22.5 Å². The molecule has 0 amide bonds. The fourth-order valence-electron chi connectivity index (χ4n) is 2.14. The smallest absolute Gasteiger partial charge is 0.307 e. The molecule has 2 rings (SSSR count). The maximum absolute atomic E-state index is 10.9. The second-order valence-electron chi connectivity index (χ2n) is 4.27. The molecule has 102 valence electrons. The van der Waals surface area contributed by atoms with E-state index in [9.17, 15) is 4.79 Å². The van der Waals surface area contributed by atoms with Crippen LogP contribution in [0.3, 0.4) is 0 Å². The summed E-state index contributed by atoms with van der Waals surface area (Å²) in [6.45, 7) is 1.46. The first-order valence-corrected chi connectivity index (χ1v) is 6.19. The molecule has 0 aliphatic carbocycles. The summed E-state index contributed by atoms with van der Waals surface area (Å²) in [5.41, 5.74) is 1.82. The van der Waals surface area contributed by atoms with Crippen LogP contribution in [0, 0.1) is 0 Å². The molecular formula is C14H17NO4. The number of aliphatic hydroxyl groups excluding tert-OH is 1. The molecule has 0 fully saturated rings. The van der Waals surface area contributed by atoms with Crippen molar-refractivity contribution in [2.24, 2.45) is 0 Å². The van der Waals surface area contributed by atoms with Gasteiger partial charge in [0.15, 0.2) is 0 Å². The Morgan fingerprint density at radius 1 is 1.26 bits per heavy atom. The molecule has 0 atom stereocenters. The van der Waals surface area contributed by atoms with Gasteiger partial charge in [0.1, 0.15) is 0 Å². The Labute approximate surface area is 111 Å². The quantitative estimate of drug-likeness (QED) is 0.738. The fourth-order valence-corrected chi connectivity index (χ4v) is 2.14. The van der Waals surface area contributed by atoms with Gasteiger partial charge in [0.2, 0.25) is 0 Å². The second kappa shape index (κ2) is 6.36. The molecule has 0 bridgehead atoms. The number of aliphatic hydroxyl groups is 1. The number of rotatable bonds is 7. The van der Waals surface area contributed by atoms with E-state index in [1.54, 1.807) is 0 Å². The minimum Gasteiger partial charge on any atom is -0.481 e. The van der Waals surface area contributed by atoms with Gasteiger partial charge in [-0.2, -0.15) is 0 Å². The Morgan fingerprint density at radius 3 is 2.79 bits per heavy atom. The van der Waals surface area contributed by atoms with Crippen LogP contribution in [0.1, 0.15) is 5.56 Å². The highest BCUT2D eigenvalue weighted by molar-refractivity contribution is 5.87. The number of nitrogens with zero attached hydrogens (tertiary/aromatic N) is 1. The highest BCUT2D eigenvalue weighted by Gasteiger charge is 2.10. The third-order valence-electron chi connectivity index (χ3n) is 2.92. The first-order valence-electron chi connectivity index (χ1n) is 6.19. The number of fused-ring (bicyclic) bond motifs is 1. The Balaban J connectivity index is 2.20. The molecule has 0 spiro atoms. The first-order chi connectivity index (χ1) is 9.22. The SMILES string of the molecule is O=C(O)Cc1cn(CCOCCO)c2ccccc12. The van der Waals surface area contributed by atoms with E-state index < -0.39 is 5.97 Å². The van der Waals surface area contributed by atoms with E-state index in [0.29, 0.717) is 19.8 Å². The van der Waals surface area contributed by atoms with Crippen molar-refractivity contribution in [1.82, 2.24) is 4.57 Å². The van der Waals surface area contributed by atoms with Crippen molar-refractivity contribution in [3.05, 3.63) is 36.0 Å². The molecule has 0 saturated heterocycles. The minimum atomic E-state index is -0.834. The highest BCUT2D eigenvalue weighted by atomic mass is 16.5. The molecule has 0 saturated carbocycles. The largest absolute Gasteiger partial charge is 0.481 e. The monoisotopic (exact) mass is 263 g/mol. The summed E-state index contributed by atoms with van der Waals surface area (Å²) >= 11 is 0. The molecule has 0 unspecified atom stereocenters. The second-order valence-corrected chi connectivity index (χ2v) is 4.27. The third-order valence-corrected chi connectivity index (χ3v) is 2.92. The number of para-hydroxylation sites is 1. The summed E-state index contributed by atoms with van der Waals surface area (Å²) in [5.74, 6) is -0.834. The van der Waals surface area contributed by atoms with Crippen molar-refractivity contribution in [1.29, 1.82) is 0 Å². The van der Waals surface area contributed by atoms with E-state index in [-0.39, 0.29) is 13.0 Å². The van der Waals surface area contributed by atoms with Gasteiger partial charge in [0, 0.05) is 23.6 Å². The molecular weight excluding hydrogens is 246 g/mol. The van der Waals surface area contributed by atoms with Crippen molar-refractivity contribution in [2.45, 2.75) is 13.0 Å². The van der Waals surface area contributed by atoms with Gasteiger partial charge in [-0.3, -0.25) is 4.79 Å². The van der Waals surface area contributed by atoms with Gasteiger partial charge in [-0.1, -0.05) is 18.2 Å². The van der Waals surface area contributed by atoms with Crippen molar-refractivity contribution < 1.29 is 19.7 Å². The molecule has 0 aliphatic rings. The van der Waals surface area contributed by atoms with Crippen LogP contribution in [0.25, 0.3) is 10.9 Å². The summed E-state index contributed by atoms with van der Waals surface area (Å²) in [4.78, 5) is 10.9. The van der Waals surface area contributed by atoms with Crippen LogP contribution in [0.5, 0.6) is 0 Å². The van der Waals surface area contributed by atoms with Crippen molar-refractivity contribution >= 4 is 16.9 Å². The van der Waals surface area contributed by atoms with E-state index in [1.807, 2.05) is 35.0 Å². The predicted molar refractivity (Wildman–Crippen MR) is 71.2 cm³/mol. The lowest BCUT2D eigenvalue weighted by Gasteiger charge is -2.05. The van der Waals surface area contributed by atoms with Crippen molar-refractivity contribution in [3.8, 4) is 0 Å². The Bertz CT molecular complexity index is 562. The van der Waals surface area contributed by atoms with Crippen LogP contribution >= 0.6 is 0 Å². The van der Waals surface area contributed by atoms with E-state index in [2.05, 4.69) is 0 Å². The van der Waals surface area contributed by atoms with Crippen LogP contribution in [-0.4, -0.2) is 40.6 Å². The van der Waals surface area contributed by atoms with Crippen LogP contribution in [0.15, 0.2) is 30.5 Å². The lowest BCUT2D eigenvalue weighted by Crippen LogP contribution is -2.07. The molecule has 5 nitrogen and oxygen atoms in total. The molecule has 0 aliphatic heterocycles. The first kappa shape index (κ1) is 13.6. The maximum Gasteiger partial charge on any atom is 0.307 e. The number of ether oxygens (including phenoxy) is 1. The molecule has 2 N–H and O–H groups in total. The van der Waals surface area contributed by atoms with Gasteiger partial charge < -0.3 is 19.5 Å². The van der Waals surface area contributed by atoms with Crippen LogP contribution < -0.4 is 0 Å². The number of aliphatic carboxylic acids is 1. The standard InChI is InChI=1S/C14H17NO4/c16-6-8-19-7-5-15-10-11(9-14(17)18)12-3-1-2-4-13(12)15/h1-4,10,16H,5-9H2,(H,17,18). The molecule has 2 aromatic rings. The lowest BCUT2D eigenvalue weighted by atomic mass is 10.1. The predicted octanol–water partition coefficient (Wildman–Crippen LogP) is 1.28. The minimum absolute atomic E-state index is 0.0106. The molecule has 19 heavy (non-hydrogen) atoms. The number of aromatic nitrogens is 1. The Hall–Kier alpha value is -1.85. The molecule has 0 radical (unpaired) electrons. The zero-order valence-corrected chi connectivity index (χ0v) is 10.6. The summed E-state index contributed by atoms with van der Waals surface area (Å²) in [7, 11) is 0. The van der Waals surface area contributed by atoms with E-state index in [1.165, 1.54) is 0 Å². The normalized spacial score (nSPS) is 11.0. The van der Waals surface area contributed by atoms with Crippen LogP contribution in [0.4, 0.5) is 0 Å². The number of benzene rings is 1. The van der Waals surface area contributed by atoms with Crippen molar-refractivity contribution in [3.63, 3.8) is 0 Å². The molecule has 1 aromatic heterocycles. The zero-order valence-electron chi connectivity index (χ0n) is 10.6. The lowest BCUT2D eigenvalue weighted by molar-refractivity contribution is -0.136. The van der Waals surface area contributed by atoms with E-state index in [4.69, 9.17) is 14.9 Å². The average molecular weight is 263 g/mol. The van der Waals surface area contributed by atoms with Gasteiger partial charge in [-0.05, 0) is 11.6 Å². The fraction of sp³-hybridized carbons (Fsp3) is 0.357. The number of carbonyl (C=O) groups is 1. The summed E-state index contributed by atoms with van der Waals surface area (Å²) in [6, 6.07) is 7.73. The van der Waals surface area contributed by atoms with E-state index in [0.717, 1.165) is 16.5 Å². The molecule has 1 aromatic carbocycles.